The van der Waals surface area contributed by atoms with E-state index in [1.54, 1.807) is 0 Å². The topological polar surface area (TPSA) is 12.9 Å². The largest absolute Gasteiger partial charge is 0.256 e. The van der Waals surface area contributed by atoms with E-state index >= 15 is 0 Å². The highest BCUT2D eigenvalue weighted by Crippen LogP contribution is 2.28. The number of rotatable bonds is 1. The first-order valence-electron chi connectivity index (χ1n) is 6.76. The Hall–Kier alpha value is -2.15. The van der Waals surface area contributed by atoms with E-state index in [9.17, 15) is 0 Å². The van der Waals surface area contributed by atoms with Crippen LogP contribution in [0.15, 0.2) is 60.8 Å². The fourth-order valence-corrected chi connectivity index (χ4v) is 2.17. The molecule has 3 aromatic rings. The SMILES string of the molecule is CC.Cc1ccccc1-c1nccc2ccccc12. The van der Waals surface area contributed by atoms with Gasteiger partial charge < -0.3 is 0 Å². The standard InChI is InChI=1S/C16H13N.C2H6/c1-12-6-2-4-8-14(12)16-15-9-5-3-7-13(15)10-11-17-16;1-2/h2-11H,1H3;1-2H3. The summed E-state index contributed by atoms with van der Waals surface area (Å²) in [5.41, 5.74) is 3.54. The van der Waals surface area contributed by atoms with E-state index in [0.717, 1.165) is 5.69 Å². The van der Waals surface area contributed by atoms with Gasteiger partial charge in [-0.1, -0.05) is 62.4 Å². The molecule has 0 amide bonds. The van der Waals surface area contributed by atoms with Crippen LogP contribution in [0.3, 0.4) is 0 Å². The fraction of sp³-hybridized carbons (Fsp3) is 0.167. The molecule has 96 valence electrons. The second kappa shape index (κ2) is 6.14. The first-order valence-corrected chi connectivity index (χ1v) is 6.76. The Kier molecular flexibility index (Phi) is 4.30. The molecule has 0 bridgehead atoms. The second-order valence-corrected chi connectivity index (χ2v) is 4.20. The molecule has 0 spiro atoms. The van der Waals surface area contributed by atoms with Gasteiger partial charge in [-0.2, -0.15) is 0 Å². The summed E-state index contributed by atoms with van der Waals surface area (Å²) >= 11 is 0. The van der Waals surface area contributed by atoms with Crippen molar-refractivity contribution in [1.82, 2.24) is 4.98 Å². The molecule has 0 fully saturated rings. The van der Waals surface area contributed by atoms with Crippen LogP contribution in [0.25, 0.3) is 22.0 Å². The summed E-state index contributed by atoms with van der Waals surface area (Å²) in [7, 11) is 0. The van der Waals surface area contributed by atoms with Gasteiger partial charge in [0.1, 0.15) is 0 Å². The molecule has 1 nitrogen and oxygen atoms in total. The van der Waals surface area contributed by atoms with Crippen LogP contribution in [-0.4, -0.2) is 4.98 Å². The molecule has 0 saturated carbocycles. The van der Waals surface area contributed by atoms with E-state index < -0.39 is 0 Å². The summed E-state index contributed by atoms with van der Waals surface area (Å²) in [6.45, 7) is 6.12. The Balaban J connectivity index is 0.000000637. The summed E-state index contributed by atoms with van der Waals surface area (Å²) in [6.07, 6.45) is 1.88. The molecule has 19 heavy (non-hydrogen) atoms. The molecular formula is C18H19N. The molecule has 0 atom stereocenters. The zero-order chi connectivity index (χ0) is 13.7. The van der Waals surface area contributed by atoms with Crippen LogP contribution in [-0.2, 0) is 0 Å². The third-order valence-electron chi connectivity index (χ3n) is 3.07. The lowest BCUT2D eigenvalue weighted by atomic mass is 10.0. The molecule has 0 aliphatic heterocycles. The number of hydrogen-bond acceptors (Lipinski definition) is 1. The third-order valence-corrected chi connectivity index (χ3v) is 3.07. The predicted molar refractivity (Wildman–Crippen MR) is 83.3 cm³/mol. The summed E-state index contributed by atoms with van der Waals surface area (Å²) in [5.74, 6) is 0. The molecule has 1 heterocycles. The van der Waals surface area contributed by atoms with Gasteiger partial charge in [0.25, 0.3) is 0 Å². The number of benzene rings is 2. The van der Waals surface area contributed by atoms with Gasteiger partial charge in [-0.15, -0.1) is 0 Å². The van der Waals surface area contributed by atoms with Crippen LogP contribution in [0.5, 0.6) is 0 Å². The lowest BCUT2D eigenvalue weighted by Gasteiger charge is -2.08. The van der Waals surface area contributed by atoms with Crippen molar-refractivity contribution >= 4 is 10.8 Å². The predicted octanol–water partition coefficient (Wildman–Crippen LogP) is 5.24. The van der Waals surface area contributed by atoms with E-state index in [1.807, 2.05) is 20.0 Å². The van der Waals surface area contributed by atoms with E-state index in [4.69, 9.17) is 0 Å². The van der Waals surface area contributed by atoms with Crippen molar-refractivity contribution in [3.8, 4) is 11.3 Å². The van der Waals surface area contributed by atoms with Gasteiger partial charge in [-0.25, -0.2) is 0 Å². The van der Waals surface area contributed by atoms with Gasteiger partial charge in [-0.3, -0.25) is 4.98 Å². The summed E-state index contributed by atoms with van der Waals surface area (Å²) in [5, 5.41) is 2.45. The number of fused-ring (bicyclic) bond motifs is 1. The van der Waals surface area contributed by atoms with Crippen LogP contribution >= 0.6 is 0 Å². The Morgan fingerprint density at radius 2 is 1.47 bits per heavy atom. The molecular weight excluding hydrogens is 230 g/mol. The monoisotopic (exact) mass is 249 g/mol. The highest BCUT2D eigenvalue weighted by atomic mass is 14.7. The minimum atomic E-state index is 1.07. The van der Waals surface area contributed by atoms with Gasteiger partial charge in [0.2, 0.25) is 0 Å². The summed E-state index contributed by atoms with van der Waals surface area (Å²) < 4.78 is 0. The van der Waals surface area contributed by atoms with E-state index in [0.29, 0.717) is 0 Å². The molecule has 1 heteroatoms. The van der Waals surface area contributed by atoms with Crippen LogP contribution < -0.4 is 0 Å². The average molecular weight is 249 g/mol. The van der Waals surface area contributed by atoms with Crippen LogP contribution in [0.1, 0.15) is 19.4 Å². The Morgan fingerprint density at radius 1 is 0.789 bits per heavy atom. The second-order valence-electron chi connectivity index (χ2n) is 4.20. The van der Waals surface area contributed by atoms with Crippen LogP contribution in [0.4, 0.5) is 0 Å². The number of nitrogens with zero attached hydrogens (tertiary/aromatic N) is 1. The molecule has 0 aliphatic carbocycles. The maximum Gasteiger partial charge on any atom is 0.0782 e. The van der Waals surface area contributed by atoms with Crippen molar-refractivity contribution in [1.29, 1.82) is 0 Å². The van der Waals surface area contributed by atoms with Crippen LogP contribution in [0, 0.1) is 6.92 Å². The van der Waals surface area contributed by atoms with Crippen molar-refractivity contribution in [2.45, 2.75) is 20.8 Å². The minimum Gasteiger partial charge on any atom is -0.256 e. The highest BCUT2D eigenvalue weighted by molar-refractivity contribution is 5.94. The van der Waals surface area contributed by atoms with Crippen molar-refractivity contribution in [3.05, 3.63) is 66.4 Å². The number of hydrogen-bond donors (Lipinski definition) is 0. The molecule has 1 aromatic heterocycles. The Morgan fingerprint density at radius 3 is 2.26 bits per heavy atom. The minimum absolute atomic E-state index is 1.07. The van der Waals surface area contributed by atoms with E-state index in [1.165, 1.54) is 21.9 Å². The maximum absolute atomic E-state index is 4.54. The zero-order valence-electron chi connectivity index (χ0n) is 11.7. The van der Waals surface area contributed by atoms with Gasteiger partial charge in [0.15, 0.2) is 0 Å². The summed E-state index contributed by atoms with van der Waals surface area (Å²) in [4.78, 5) is 4.54. The first kappa shape index (κ1) is 13.3. The zero-order valence-corrected chi connectivity index (χ0v) is 11.7. The number of aryl methyl sites for hydroxylation is 1. The first-order chi connectivity index (χ1) is 9.36. The number of pyridine rings is 1. The van der Waals surface area contributed by atoms with Gasteiger partial charge in [-0.05, 0) is 23.9 Å². The van der Waals surface area contributed by atoms with E-state index in [2.05, 4.69) is 66.5 Å². The smallest absolute Gasteiger partial charge is 0.0782 e. The van der Waals surface area contributed by atoms with Gasteiger partial charge >= 0.3 is 0 Å². The van der Waals surface area contributed by atoms with E-state index in [-0.39, 0.29) is 0 Å². The molecule has 0 unspecified atom stereocenters. The van der Waals surface area contributed by atoms with Gasteiger partial charge in [0.05, 0.1) is 5.69 Å². The molecule has 0 N–H and O–H groups in total. The van der Waals surface area contributed by atoms with Crippen molar-refractivity contribution in [2.24, 2.45) is 0 Å². The fourth-order valence-electron chi connectivity index (χ4n) is 2.17. The molecule has 3 rings (SSSR count). The van der Waals surface area contributed by atoms with Gasteiger partial charge in [0, 0.05) is 17.1 Å². The van der Waals surface area contributed by atoms with Crippen molar-refractivity contribution in [2.75, 3.05) is 0 Å². The quantitative estimate of drug-likeness (QED) is 0.575. The average Bonchev–Trinajstić information content (AvgIpc) is 2.49. The van der Waals surface area contributed by atoms with Crippen LogP contribution in [0.2, 0.25) is 0 Å². The Bertz CT molecular complexity index is 666. The molecule has 0 saturated heterocycles. The molecule has 2 aromatic carbocycles. The van der Waals surface area contributed by atoms with Crippen molar-refractivity contribution in [3.63, 3.8) is 0 Å². The molecule has 0 aliphatic rings. The highest BCUT2D eigenvalue weighted by Gasteiger charge is 2.06. The lowest BCUT2D eigenvalue weighted by molar-refractivity contribution is 1.33. The third kappa shape index (κ3) is 2.65. The maximum atomic E-state index is 4.54. The summed E-state index contributed by atoms with van der Waals surface area (Å²) in [6, 6.07) is 18.8. The molecule has 0 radical (unpaired) electrons. The normalized spacial score (nSPS) is 9.84. The number of aromatic nitrogens is 1. The lowest BCUT2D eigenvalue weighted by Crippen LogP contribution is -1.88. The Labute approximate surface area is 114 Å². The van der Waals surface area contributed by atoms with Crippen molar-refractivity contribution < 1.29 is 0 Å².